The summed E-state index contributed by atoms with van der Waals surface area (Å²) >= 11 is 0. The number of hydrogen-bond acceptors (Lipinski definition) is 4. The lowest BCUT2D eigenvalue weighted by atomic mass is 9.73. The Labute approximate surface area is 384 Å². The highest BCUT2D eigenvalue weighted by atomic mass is 31.2. The van der Waals surface area contributed by atoms with Gasteiger partial charge in [0, 0.05) is 16.7 Å². The highest BCUT2D eigenvalue weighted by Crippen LogP contribution is 2.52. The summed E-state index contributed by atoms with van der Waals surface area (Å²) in [5.41, 5.74) is 7.75. The summed E-state index contributed by atoms with van der Waals surface area (Å²) in [6.45, 7) is 43.3. The van der Waals surface area contributed by atoms with Crippen LogP contribution in [-0.4, -0.2) is 5.78 Å². The van der Waals surface area contributed by atoms with Crippen LogP contribution in [0.2, 0.25) is 0 Å². The van der Waals surface area contributed by atoms with Gasteiger partial charge in [-0.3, -0.25) is 4.79 Å². The first-order chi connectivity index (χ1) is 29.2. The maximum Gasteiger partial charge on any atom is 0.530 e. The number of fused-ring (bicyclic) bond motifs is 2. The lowest BCUT2D eigenvalue weighted by Gasteiger charge is -2.33. The van der Waals surface area contributed by atoms with Gasteiger partial charge in [-0.15, -0.1) is 0 Å². The lowest BCUT2D eigenvalue weighted by molar-refractivity contribution is 0.101. The summed E-state index contributed by atoms with van der Waals surface area (Å²) in [6.07, 6.45) is 5.93. The van der Waals surface area contributed by atoms with Crippen LogP contribution >= 0.6 is 8.60 Å². The first-order valence-electron chi connectivity index (χ1n) is 23.9. The van der Waals surface area contributed by atoms with Crippen molar-refractivity contribution >= 4 is 35.9 Å². The Bertz CT molecular complexity index is 2290. The van der Waals surface area contributed by atoms with Crippen molar-refractivity contribution in [3.63, 3.8) is 0 Å². The molecule has 0 heterocycles. The standard InChI is InChI=1S/C58H81O4P/c1-20-53(8,9)42-30-40-32-49(57(16,17)24-5)51(36-45(40)47(34-42)55(12,13)22-3)61-63(60-44-28-26-39(27-29-44)38(7)59)62-52-37-46-41(33-50(52)58(18,19)25-6)31-43(54(10,11)21-2)35-48(46)56(14,15)23-4/h26-37H,20-25H2,1-19H3. The van der Waals surface area contributed by atoms with Crippen molar-refractivity contribution < 1.29 is 18.4 Å². The average Bonchev–Trinajstić information content (AvgIpc) is 3.24. The highest BCUT2D eigenvalue weighted by Gasteiger charge is 2.34. The van der Waals surface area contributed by atoms with E-state index >= 15 is 0 Å². The number of Topliss-reactive ketones (excluding diaryl/α,β-unsaturated/α-hetero) is 1. The predicted octanol–water partition coefficient (Wildman–Crippen LogP) is 18.1. The Morgan fingerprint density at radius 2 is 0.762 bits per heavy atom. The van der Waals surface area contributed by atoms with E-state index in [-0.39, 0.29) is 38.3 Å². The fourth-order valence-electron chi connectivity index (χ4n) is 8.12. The van der Waals surface area contributed by atoms with Crippen molar-refractivity contribution in [2.24, 2.45) is 0 Å². The summed E-state index contributed by atoms with van der Waals surface area (Å²) < 4.78 is 21.5. The molecule has 342 valence electrons. The van der Waals surface area contributed by atoms with Crippen LogP contribution in [0.4, 0.5) is 0 Å². The van der Waals surface area contributed by atoms with Crippen molar-refractivity contribution in [1.29, 1.82) is 0 Å². The number of carbonyl (C=O) groups is 1. The van der Waals surface area contributed by atoms with Crippen molar-refractivity contribution in [3.8, 4) is 17.2 Å². The van der Waals surface area contributed by atoms with Crippen LogP contribution in [0.25, 0.3) is 21.5 Å². The molecule has 0 aliphatic carbocycles. The Morgan fingerprint density at radius 3 is 1.08 bits per heavy atom. The third kappa shape index (κ3) is 10.5. The lowest BCUT2D eigenvalue weighted by Crippen LogP contribution is -2.22. The Balaban J connectivity index is 1.83. The molecule has 0 N–H and O–H groups in total. The van der Waals surface area contributed by atoms with E-state index in [0.29, 0.717) is 11.3 Å². The zero-order chi connectivity index (χ0) is 47.1. The molecular formula is C58H81O4P. The van der Waals surface area contributed by atoms with Gasteiger partial charge >= 0.3 is 8.60 Å². The van der Waals surface area contributed by atoms with E-state index in [4.69, 9.17) is 13.6 Å². The van der Waals surface area contributed by atoms with E-state index in [1.54, 1.807) is 6.92 Å². The number of carbonyl (C=O) groups excluding carboxylic acids is 1. The van der Waals surface area contributed by atoms with Crippen LogP contribution < -0.4 is 13.6 Å². The minimum Gasteiger partial charge on any atom is -0.409 e. The molecule has 5 rings (SSSR count). The van der Waals surface area contributed by atoms with Gasteiger partial charge < -0.3 is 13.6 Å². The predicted molar refractivity (Wildman–Crippen MR) is 273 cm³/mol. The summed E-state index contributed by atoms with van der Waals surface area (Å²) in [6, 6.07) is 26.4. The number of rotatable bonds is 19. The number of ketones is 1. The second-order valence-corrected chi connectivity index (χ2v) is 23.2. The van der Waals surface area contributed by atoms with Gasteiger partial charge in [-0.25, -0.2) is 0 Å². The van der Waals surface area contributed by atoms with Crippen molar-refractivity contribution in [1.82, 2.24) is 0 Å². The average molecular weight is 873 g/mol. The maximum atomic E-state index is 12.3. The molecule has 0 aliphatic rings. The van der Waals surface area contributed by atoms with Crippen molar-refractivity contribution in [3.05, 3.63) is 112 Å². The van der Waals surface area contributed by atoms with Crippen LogP contribution in [0.3, 0.4) is 0 Å². The first-order valence-corrected chi connectivity index (χ1v) is 25.0. The van der Waals surface area contributed by atoms with Crippen LogP contribution in [0.5, 0.6) is 17.2 Å². The second kappa shape index (κ2) is 18.5. The Hall–Kier alpha value is -3.88. The third-order valence-corrected chi connectivity index (χ3v) is 16.7. The van der Waals surface area contributed by atoms with E-state index < -0.39 is 8.60 Å². The van der Waals surface area contributed by atoms with E-state index in [9.17, 15) is 4.79 Å². The van der Waals surface area contributed by atoms with Crippen LogP contribution in [0, 0.1) is 0 Å². The molecule has 0 unspecified atom stereocenters. The molecule has 0 bridgehead atoms. The zero-order valence-electron chi connectivity index (χ0n) is 42.8. The molecular weight excluding hydrogens is 792 g/mol. The van der Waals surface area contributed by atoms with E-state index in [1.807, 2.05) is 24.3 Å². The molecule has 63 heavy (non-hydrogen) atoms. The topological polar surface area (TPSA) is 44.8 Å². The highest BCUT2D eigenvalue weighted by molar-refractivity contribution is 7.43. The van der Waals surface area contributed by atoms with Crippen LogP contribution in [0.15, 0.2) is 72.8 Å². The normalized spacial score (nSPS) is 13.3. The molecule has 0 fully saturated rings. The van der Waals surface area contributed by atoms with Gasteiger partial charge in [0.15, 0.2) is 5.78 Å². The molecule has 0 aliphatic heterocycles. The molecule has 0 radical (unpaired) electrons. The monoisotopic (exact) mass is 873 g/mol. The molecule has 5 aromatic carbocycles. The summed E-state index contributed by atoms with van der Waals surface area (Å²) in [7, 11) is -2.08. The SMILES string of the molecule is CCC(C)(C)c1cc(C(C)(C)CC)c2cc(OP(Oc3ccc(C(C)=O)cc3)Oc3cc4c(C(C)(C)CC)cc(C(C)(C)CC)cc4cc3C(C)(C)CC)c(C(C)(C)CC)cc2c1. The smallest absolute Gasteiger partial charge is 0.409 e. The van der Waals surface area contributed by atoms with E-state index in [2.05, 4.69) is 173 Å². The molecule has 0 saturated carbocycles. The molecule has 0 atom stereocenters. The van der Waals surface area contributed by atoms with Gasteiger partial charge in [0.1, 0.15) is 17.2 Å². The first kappa shape index (κ1) is 50.1. The van der Waals surface area contributed by atoms with Crippen molar-refractivity contribution in [2.75, 3.05) is 0 Å². The van der Waals surface area contributed by atoms with E-state index in [0.717, 1.165) is 61.2 Å². The van der Waals surface area contributed by atoms with Crippen LogP contribution in [-0.2, 0) is 32.5 Å². The molecule has 5 heteroatoms. The van der Waals surface area contributed by atoms with Crippen LogP contribution in [0.1, 0.15) is 214 Å². The minimum absolute atomic E-state index is 0.00842. The summed E-state index contributed by atoms with van der Waals surface area (Å²) in [4.78, 5) is 12.3. The zero-order valence-corrected chi connectivity index (χ0v) is 43.6. The fourth-order valence-corrected chi connectivity index (χ4v) is 9.15. The molecule has 0 aromatic heterocycles. The maximum absolute atomic E-state index is 12.3. The molecule has 0 saturated heterocycles. The largest absolute Gasteiger partial charge is 0.530 e. The third-order valence-electron chi connectivity index (χ3n) is 15.7. The summed E-state index contributed by atoms with van der Waals surface area (Å²) in [5.74, 6) is 2.13. The molecule has 0 amide bonds. The Kier molecular flexibility index (Phi) is 14.8. The quantitative estimate of drug-likeness (QED) is 0.0612. The van der Waals surface area contributed by atoms with Gasteiger partial charge in [0.25, 0.3) is 0 Å². The van der Waals surface area contributed by atoms with E-state index in [1.165, 1.54) is 43.8 Å². The molecule has 0 spiro atoms. The van der Waals surface area contributed by atoms with Gasteiger partial charge in [0.05, 0.1) is 0 Å². The number of benzene rings is 5. The Morgan fingerprint density at radius 1 is 0.429 bits per heavy atom. The minimum atomic E-state index is -2.08. The van der Waals surface area contributed by atoms with Gasteiger partial charge in [-0.05, 0) is 170 Å². The van der Waals surface area contributed by atoms with Gasteiger partial charge in [-0.1, -0.05) is 149 Å². The van der Waals surface area contributed by atoms with Gasteiger partial charge in [0.2, 0.25) is 0 Å². The fraction of sp³-hybridized carbons (Fsp3) is 0.534. The molecule has 5 aromatic rings. The molecule has 4 nitrogen and oxygen atoms in total. The number of hydrogen-bond donors (Lipinski definition) is 0. The summed E-state index contributed by atoms with van der Waals surface area (Å²) in [5, 5.41) is 4.86. The second-order valence-electron chi connectivity index (χ2n) is 22.2. The van der Waals surface area contributed by atoms with Crippen molar-refractivity contribution in [2.45, 2.75) is 203 Å². The van der Waals surface area contributed by atoms with Gasteiger partial charge in [-0.2, -0.15) is 0 Å².